The normalized spacial score (nSPS) is 15.1. The molecule has 0 saturated carbocycles. The quantitative estimate of drug-likeness (QED) is 0.728. The number of halogens is 1. The number of para-hydroxylation sites is 1. The number of rotatable bonds is 7. The van der Waals surface area contributed by atoms with Gasteiger partial charge >= 0.3 is 0 Å². The van der Waals surface area contributed by atoms with Gasteiger partial charge in [-0.2, -0.15) is 11.8 Å². The fourth-order valence-electron chi connectivity index (χ4n) is 3.42. The highest BCUT2D eigenvalue weighted by atomic mass is 35.5. The fourth-order valence-corrected chi connectivity index (χ4v) is 4.11. The van der Waals surface area contributed by atoms with Crippen LogP contribution in [0.25, 0.3) is 0 Å². The standard InChI is InChI=1S/C22H26ClN3O2S/c1-29-16-11-20(24-21(27)18-9-5-6-10-19(18)23)22(28)26-14-12-25(13-15-26)17-7-3-2-4-8-17/h2-10,20H,11-16H2,1H3,(H,24,27)/t20-/m0/s1. The van der Waals surface area contributed by atoms with E-state index in [1.165, 1.54) is 5.69 Å². The maximum atomic E-state index is 13.1. The molecule has 3 rings (SSSR count). The number of piperazine rings is 1. The smallest absolute Gasteiger partial charge is 0.253 e. The summed E-state index contributed by atoms with van der Waals surface area (Å²) in [4.78, 5) is 30.0. The molecule has 154 valence electrons. The van der Waals surface area contributed by atoms with Crippen molar-refractivity contribution in [3.8, 4) is 0 Å². The summed E-state index contributed by atoms with van der Waals surface area (Å²) in [6.45, 7) is 2.85. The zero-order valence-electron chi connectivity index (χ0n) is 16.5. The minimum atomic E-state index is -0.547. The molecule has 1 N–H and O–H groups in total. The van der Waals surface area contributed by atoms with Crippen molar-refractivity contribution in [2.45, 2.75) is 12.5 Å². The topological polar surface area (TPSA) is 52.7 Å². The molecule has 2 amide bonds. The average Bonchev–Trinajstić information content (AvgIpc) is 2.77. The van der Waals surface area contributed by atoms with Crippen LogP contribution in [-0.4, -0.2) is 60.9 Å². The summed E-state index contributed by atoms with van der Waals surface area (Å²) in [5.74, 6) is 0.466. The predicted octanol–water partition coefficient (Wildman–Crippen LogP) is 3.54. The van der Waals surface area contributed by atoms with Crippen molar-refractivity contribution in [2.24, 2.45) is 0 Å². The lowest BCUT2D eigenvalue weighted by molar-refractivity contribution is -0.133. The van der Waals surface area contributed by atoms with Crippen LogP contribution in [0, 0.1) is 0 Å². The van der Waals surface area contributed by atoms with Gasteiger partial charge in [-0.05, 0) is 42.7 Å². The SMILES string of the molecule is CSCC[C@H](NC(=O)c1ccccc1Cl)C(=O)N1CCN(c2ccccc2)CC1. The van der Waals surface area contributed by atoms with Crippen molar-refractivity contribution in [3.63, 3.8) is 0 Å². The molecule has 0 bridgehead atoms. The van der Waals surface area contributed by atoms with E-state index in [0.29, 0.717) is 30.1 Å². The van der Waals surface area contributed by atoms with E-state index >= 15 is 0 Å². The summed E-state index contributed by atoms with van der Waals surface area (Å²) in [5.41, 5.74) is 1.57. The number of carbonyl (C=O) groups excluding carboxylic acids is 2. The number of carbonyl (C=O) groups is 2. The maximum absolute atomic E-state index is 13.1. The van der Waals surface area contributed by atoms with Crippen LogP contribution >= 0.6 is 23.4 Å². The second kappa shape index (κ2) is 10.6. The highest BCUT2D eigenvalue weighted by Crippen LogP contribution is 2.18. The number of thioether (sulfide) groups is 1. The largest absolute Gasteiger partial charge is 0.368 e. The molecule has 0 aromatic heterocycles. The highest BCUT2D eigenvalue weighted by molar-refractivity contribution is 7.98. The highest BCUT2D eigenvalue weighted by Gasteiger charge is 2.29. The van der Waals surface area contributed by atoms with Gasteiger partial charge in [0.2, 0.25) is 5.91 Å². The Hall–Kier alpha value is -2.18. The number of benzene rings is 2. The Kier molecular flexibility index (Phi) is 7.83. The van der Waals surface area contributed by atoms with E-state index in [1.807, 2.05) is 29.4 Å². The van der Waals surface area contributed by atoms with Gasteiger partial charge in [0.1, 0.15) is 6.04 Å². The number of nitrogens with one attached hydrogen (secondary N) is 1. The van der Waals surface area contributed by atoms with E-state index in [4.69, 9.17) is 11.6 Å². The second-order valence-electron chi connectivity index (χ2n) is 6.94. The van der Waals surface area contributed by atoms with Gasteiger partial charge in [0, 0.05) is 31.9 Å². The molecule has 7 heteroatoms. The molecule has 5 nitrogen and oxygen atoms in total. The van der Waals surface area contributed by atoms with Gasteiger partial charge in [-0.25, -0.2) is 0 Å². The fraction of sp³-hybridized carbons (Fsp3) is 0.364. The summed E-state index contributed by atoms with van der Waals surface area (Å²) in [6.07, 6.45) is 2.59. The Morgan fingerprint density at radius 1 is 1.03 bits per heavy atom. The van der Waals surface area contributed by atoms with Gasteiger partial charge in [0.05, 0.1) is 10.6 Å². The Labute approximate surface area is 181 Å². The van der Waals surface area contributed by atoms with Crippen LogP contribution in [0.4, 0.5) is 5.69 Å². The zero-order valence-corrected chi connectivity index (χ0v) is 18.1. The molecule has 2 aromatic carbocycles. The van der Waals surface area contributed by atoms with Crippen LogP contribution in [0.15, 0.2) is 54.6 Å². The van der Waals surface area contributed by atoms with Crippen molar-refractivity contribution < 1.29 is 9.59 Å². The van der Waals surface area contributed by atoms with E-state index in [2.05, 4.69) is 22.3 Å². The monoisotopic (exact) mass is 431 g/mol. The van der Waals surface area contributed by atoms with Crippen LogP contribution < -0.4 is 10.2 Å². The predicted molar refractivity (Wildman–Crippen MR) is 121 cm³/mol. The molecule has 29 heavy (non-hydrogen) atoms. The molecule has 1 saturated heterocycles. The minimum Gasteiger partial charge on any atom is -0.368 e. The third kappa shape index (κ3) is 5.67. The molecule has 1 heterocycles. The van der Waals surface area contributed by atoms with Crippen molar-refractivity contribution in [1.82, 2.24) is 10.2 Å². The number of hydrogen-bond acceptors (Lipinski definition) is 4. The van der Waals surface area contributed by atoms with Gasteiger partial charge < -0.3 is 15.1 Å². The molecule has 1 atom stereocenters. The Morgan fingerprint density at radius 3 is 2.34 bits per heavy atom. The van der Waals surface area contributed by atoms with Gasteiger partial charge in [-0.1, -0.05) is 41.9 Å². The summed E-state index contributed by atoms with van der Waals surface area (Å²) in [5, 5.41) is 3.29. The zero-order chi connectivity index (χ0) is 20.6. The summed E-state index contributed by atoms with van der Waals surface area (Å²) < 4.78 is 0. The summed E-state index contributed by atoms with van der Waals surface area (Å²) >= 11 is 7.81. The molecule has 0 spiro atoms. The van der Waals surface area contributed by atoms with Gasteiger partial charge in [-0.3, -0.25) is 9.59 Å². The van der Waals surface area contributed by atoms with E-state index < -0.39 is 6.04 Å². The van der Waals surface area contributed by atoms with Crippen LogP contribution in [0.2, 0.25) is 5.02 Å². The number of amides is 2. The van der Waals surface area contributed by atoms with E-state index in [0.717, 1.165) is 18.8 Å². The number of nitrogens with zero attached hydrogens (tertiary/aromatic N) is 2. The molecule has 0 unspecified atom stereocenters. The molecule has 2 aromatic rings. The average molecular weight is 432 g/mol. The first-order valence-corrected chi connectivity index (χ1v) is 11.5. The summed E-state index contributed by atoms with van der Waals surface area (Å²) in [6, 6.07) is 16.6. The molecular formula is C22H26ClN3O2S. The second-order valence-corrected chi connectivity index (χ2v) is 8.33. The van der Waals surface area contributed by atoms with Crippen LogP contribution in [0.3, 0.4) is 0 Å². The Bertz CT molecular complexity index is 826. The number of hydrogen-bond donors (Lipinski definition) is 1. The van der Waals surface area contributed by atoms with Crippen molar-refractivity contribution in [3.05, 3.63) is 65.2 Å². The Morgan fingerprint density at radius 2 is 1.69 bits per heavy atom. The molecular weight excluding hydrogens is 406 g/mol. The van der Waals surface area contributed by atoms with Crippen LogP contribution in [0.1, 0.15) is 16.8 Å². The third-order valence-corrected chi connectivity index (χ3v) is 6.02. The number of anilines is 1. The summed E-state index contributed by atoms with van der Waals surface area (Å²) in [7, 11) is 0. The van der Waals surface area contributed by atoms with E-state index in [1.54, 1.807) is 36.0 Å². The lowest BCUT2D eigenvalue weighted by Crippen LogP contribution is -2.55. The molecule has 1 aliphatic heterocycles. The van der Waals surface area contributed by atoms with Gasteiger partial charge in [0.15, 0.2) is 0 Å². The first-order valence-electron chi connectivity index (χ1n) is 9.73. The van der Waals surface area contributed by atoms with Crippen LogP contribution in [0.5, 0.6) is 0 Å². The lowest BCUT2D eigenvalue weighted by Gasteiger charge is -2.37. The molecule has 0 aliphatic carbocycles. The molecule has 0 radical (unpaired) electrons. The first-order chi connectivity index (χ1) is 14.1. The maximum Gasteiger partial charge on any atom is 0.253 e. The van der Waals surface area contributed by atoms with Crippen molar-refractivity contribution in [1.29, 1.82) is 0 Å². The minimum absolute atomic E-state index is 0.0211. The first kappa shape index (κ1) is 21.5. The van der Waals surface area contributed by atoms with E-state index in [9.17, 15) is 9.59 Å². The van der Waals surface area contributed by atoms with Gasteiger partial charge in [0.25, 0.3) is 5.91 Å². The molecule has 1 fully saturated rings. The lowest BCUT2D eigenvalue weighted by atomic mass is 10.1. The molecule has 1 aliphatic rings. The van der Waals surface area contributed by atoms with Gasteiger partial charge in [-0.15, -0.1) is 0 Å². The van der Waals surface area contributed by atoms with Crippen molar-refractivity contribution in [2.75, 3.05) is 43.1 Å². The van der Waals surface area contributed by atoms with E-state index in [-0.39, 0.29) is 11.8 Å². The Balaban J connectivity index is 1.63. The van der Waals surface area contributed by atoms with Crippen LogP contribution in [-0.2, 0) is 4.79 Å². The third-order valence-electron chi connectivity index (χ3n) is 5.05. The van der Waals surface area contributed by atoms with Crippen molar-refractivity contribution >= 4 is 40.9 Å².